The Bertz CT molecular complexity index is 785. The normalized spacial score (nSPS) is 17.0. The Morgan fingerprint density at radius 1 is 1.20 bits per heavy atom. The first-order valence-corrected chi connectivity index (χ1v) is 9.12. The lowest BCUT2D eigenvalue weighted by atomic mass is 9.82. The minimum absolute atomic E-state index is 0.175. The van der Waals surface area contributed by atoms with Crippen LogP contribution in [0.25, 0.3) is 11.3 Å². The molecule has 7 heteroatoms. The molecule has 0 saturated carbocycles. The second-order valence-electron chi connectivity index (χ2n) is 7.20. The zero-order chi connectivity index (χ0) is 18.2. The van der Waals surface area contributed by atoms with Crippen molar-refractivity contribution in [3.05, 3.63) is 33.8 Å². The zero-order valence-corrected chi connectivity index (χ0v) is 16.2. The fourth-order valence-corrected chi connectivity index (χ4v) is 3.44. The molecule has 0 aromatic carbocycles. The summed E-state index contributed by atoms with van der Waals surface area (Å²) in [7, 11) is 0. The number of halogens is 2. The van der Waals surface area contributed by atoms with E-state index >= 15 is 0 Å². The highest BCUT2D eigenvalue weighted by Gasteiger charge is 2.28. The maximum Gasteiger partial charge on any atom is 0.153 e. The minimum Gasteiger partial charge on any atom is -0.390 e. The molecule has 0 atom stereocenters. The number of aliphatic hydroxyl groups is 1. The topological polar surface area (TPSA) is 62.1 Å². The van der Waals surface area contributed by atoms with Crippen molar-refractivity contribution >= 4 is 29.0 Å². The highest BCUT2D eigenvalue weighted by atomic mass is 35.5. The molecule has 0 aliphatic carbocycles. The molecule has 1 N–H and O–H groups in total. The average Bonchev–Trinajstić information content (AvgIpc) is 2.57. The molecule has 134 valence electrons. The highest BCUT2D eigenvalue weighted by Crippen LogP contribution is 2.36. The highest BCUT2D eigenvalue weighted by molar-refractivity contribution is 6.42. The number of rotatable bonds is 3. The van der Waals surface area contributed by atoms with Crippen molar-refractivity contribution in [2.24, 2.45) is 5.41 Å². The van der Waals surface area contributed by atoms with Gasteiger partial charge in [0.05, 0.1) is 23.0 Å². The van der Waals surface area contributed by atoms with Gasteiger partial charge in [-0.3, -0.25) is 0 Å². The summed E-state index contributed by atoms with van der Waals surface area (Å²) in [6, 6.07) is 1.76. The van der Waals surface area contributed by atoms with Crippen LogP contribution < -0.4 is 4.90 Å². The molecule has 2 aromatic rings. The lowest BCUT2D eigenvalue weighted by molar-refractivity contribution is 0.268. The molecule has 1 fully saturated rings. The van der Waals surface area contributed by atoms with Gasteiger partial charge in [0.25, 0.3) is 0 Å². The third-order valence-corrected chi connectivity index (χ3v) is 5.56. The molecule has 0 amide bonds. The molecule has 3 rings (SSSR count). The molecule has 0 radical (unpaired) electrons. The second kappa shape index (κ2) is 7.06. The van der Waals surface area contributed by atoms with Crippen molar-refractivity contribution < 1.29 is 5.11 Å². The Morgan fingerprint density at radius 2 is 1.88 bits per heavy atom. The fourth-order valence-electron chi connectivity index (χ4n) is 3.08. The Hall–Kier alpha value is -1.43. The van der Waals surface area contributed by atoms with Crippen LogP contribution in [0.3, 0.4) is 0 Å². The number of nitrogens with zero attached hydrogens (tertiary/aromatic N) is 4. The van der Waals surface area contributed by atoms with Crippen LogP contribution in [0.1, 0.15) is 38.1 Å². The third kappa shape index (κ3) is 3.73. The molecule has 5 nitrogen and oxygen atoms in total. The first kappa shape index (κ1) is 18.4. The number of hydrogen-bond acceptors (Lipinski definition) is 5. The maximum absolute atomic E-state index is 9.84. The Kier molecular flexibility index (Phi) is 5.19. The number of piperidine rings is 1. The van der Waals surface area contributed by atoms with Crippen LogP contribution >= 0.6 is 23.2 Å². The summed E-state index contributed by atoms with van der Waals surface area (Å²) in [6.45, 7) is 8.11. The van der Waals surface area contributed by atoms with Crippen LogP contribution in [-0.2, 0) is 6.61 Å². The summed E-state index contributed by atoms with van der Waals surface area (Å²) in [5.41, 5.74) is 2.96. The van der Waals surface area contributed by atoms with Gasteiger partial charge in [0, 0.05) is 24.8 Å². The van der Waals surface area contributed by atoms with Crippen molar-refractivity contribution in [3.8, 4) is 11.3 Å². The molecule has 1 aliphatic heterocycles. The summed E-state index contributed by atoms with van der Waals surface area (Å²) < 4.78 is 0. The maximum atomic E-state index is 9.84. The van der Waals surface area contributed by atoms with Crippen LogP contribution in [-0.4, -0.2) is 33.1 Å². The van der Waals surface area contributed by atoms with E-state index in [1.807, 2.05) is 6.92 Å². The Morgan fingerprint density at radius 3 is 2.52 bits per heavy atom. The monoisotopic (exact) mass is 380 g/mol. The lowest BCUT2D eigenvalue weighted by Crippen LogP contribution is -2.38. The predicted octanol–water partition coefficient (Wildman–Crippen LogP) is 4.27. The van der Waals surface area contributed by atoms with Crippen molar-refractivity contribution in [2.75, 3.05) is 18.0 Å². The van der Waals surface area contributed by atoms with Crippen molar-refractivity contribution in [2.45, 2.75) is 40.2 Å². The average molecular weight is 381 g/mol. The van der Waals surface area contributed by atoms with Crippen LogP contribution in [0.5, 0.6) is 0 Å². The quantitative estimate of drug-likeness (QED) is 0.805. The number of pyridine rings is 1. The van der Waals surface area contributed by atoms with Gasteiger partial charge < -0.3 is 10.0 Å². The van der Waals surface area contributed by atoms with Gasteiger partial charge in [-0.25, -0.2) is 15.0 Å². The predicted molar refractivity (Wildman–Crippen MR) is 101 cm³/mol. The first-order chi connectivity index (χ1) is 11.8. The van der Waals surface area contributed by atoms with E-state index in [9.17, 15) is 5.11 Å². The lowest BCUT2D eigenvalue weighted by Gasteiger charge is -2.38. The largest absolute Gasteiger partial charge is 0.390 e. The second-order valence-corrected chi connectivity index (χ2v) is 7.94. The summed E-state index contributed by atoms with van der Waals surface area (Å²) in [6.07, 6.45) is 3.77. The summed E-state index contributed by atoms with van der Waals surface area (Å²) in [4.78, 5) is 15.6. The SMILES string of the molecule is Cc1nc(N2CCC(C)(C)CC2)c(CO)nc1-c1ccnc(Cl)c1Cl. The fraction of sp³-hybridized carbons (Fsp3) is 0.500. The van der Waals surface area contributed by atoms with E-state index in [0.29, 0.717) is 27.4 Å². The molecular weight excluding hydrogens is 359 g/mol. The van der Waals surface area contributed by atoms with E-state index in [2.05, 4.69) is 28.7 Å². The van der Waals surface area contributed by atoms with E-state index in [0.717, 1.165) is 37.4 Å². The molecule has 25 heavy (non-hydrogen) atoms. The third-order valence-electron chi connectivity index (χ3n) is 4.79. The summed E-state index contributed by atoms with van der Waals surface area (Å²) in [5.74, 6) is 0.760. The van der Waals surface area contributed by atoms with Gasteiger partial charge in [-0.15, -0.1) is 0 Å². The molecular formula is C18H22Cl2N4O. The van der Waals surface area contributed by atoms with E-state index in [4.69, 9.17) is 28.2 Å². The van der Waals surface area contributed by atoms with Gasteiger partial charge in [-0.1, -0.05) is 37.0 Å². The number of anilines is 1. The van der Waals surface area contributed by atoms with E-state index in [1.165, 1.54) is 0 Å². The Labute approximate surface area is 158 Å². The molecule has 2 aromatic heterocycles. The summed E-state index contributed by atoms with van der Waals surface area (Å²) >= 11 is 12.3. The molecule has 0 bridgehead atoms. The van der Waals surface area contributed by atoms with Gasteiger partial charge in [-0.2, -0.15) is 0 Å². The number of aryl methyl sites for hydroxylation is 1. The first-order valence-electron chi connectivity index (χ1n) is 8.36. The number of aliphatic hydroxyl groups excluding tert-OH is 1. The van der Waals surface area contributed by atoms with Gasteiger partial charge in [0.2, 0.25) is 0 Å². The van der Waals surface area contributed by atoms with Gasteiger partial charge in [0.15, 0.2) is 5.82 Å². The minimum atomic E-state index is -0.175. The standard InChI is InChI=1S/C18H22Cl2N4O/c1-11-15(12-4-7-21-16(20)14(12)19)23-13(10-25)17(22-11)24-8-5-18(2,3)6-9-24/h4,7,25H,5-6,8-10H2,1-3H3. The van der Waals surface area contributed by atoms with Crippen molar-refractivity contribution in [1.82, 2.24) is 15.0 Å². The van der Waals surface area contributed by atoms with Gasteiger partial charge >= 0.3 is 0 Å². The summed E-state index contributed by atoms with van der Waals surface area (Å²) in [5, 5.41) is 10.4. The van der Waals surface area contributed by atoms with Gasteiger partial charge in [0.1, 0.15) is 10.8 Å². The molecule has 3 heterocycles. The molecule has 0 unspecified atom stereocenters. The smallest absolute Gasteiger partial charge is 0.153 e. The van der Waals surface area contributed by atoms with Crippen LogP contribution in [0.4, 0.5) is 5.82 Å². The Balaban J connectivity index is 2.01. The zero-order valence-electron chi connectivity index (χ0n) is 14.7. The van der Waals surface area contributed by atoms with Gasteiger partial charge in [-0.05, 0) is 31.2 Å². The van der Waals surface area contributed by atoms with Crippen LogP contribution in [0, 0.1) is 12.3 Å². The van der Waals surface area contributed by atoms with E-state index < -0.39 is 0 Å². The van der Waals surface area contributed by atoms with E-state index in [-0.39, 0.29) is 11.8 Å². The molecule has 1 aliphatic rings. The van der Waals surface area contributed by atoms with Crippen LogP contribution in [0.2, 0.25) is 10.2 Å². The van der Waals surface area contributed by atoms with Crippen LogP contribution in [0.15, 0.2) is 12.3 Å². The molecule has 0 spiro atoms. The number of hydrogen-bond donors (Lipinski definition) is 1. The van der Waals surface area contributed by atoms with Crippen molar-refractivity contribution in [3.63, 3.8) is 0 Å². The van der Waals surface area contributed by atoms with Crippen molar-refractivity contribution in [1.29, 1.82) is 0 Å². The molecule has 1 saturated heterocycles. The number of aromatic nitrogens is 3. The van der Waals surface area contributed by atoms with E-state index in [1.54, 1.807) is 12.3 Å².